The lowest BCUT2D eigenvalue weighted by molar-refractivity contribution is 0.270. The van der Waals surface area contributed by atoms with Crippen LogP contribution in [0.1, 0.15) is 18.9 Å². The van der Waals surface area contributed by atoms with Crippen LogP contribution in [0.25, 0.3) is 0 Å². The van der Waals surface area contributed by atoms with Gasteiger partial charge in [0.1, 0.15) is 0 Å². The van der Waals surface area contributed by atoms with Crippen LogP contribution in [0, 0.1) is 0 Å². The molecule has 0 amide bonds. The normalized spacial score (nSPS) is 21.9. The third-order valence-corrected chi connectivity index (χ3v) is 3.61. The predicted molar refractivity (Wildman–Crippen MR) is 76.6 cm³/mol. The van der Waals surface area contributed by atoms with E-state index in [0.717, 1.165) is 18.4 Å². The van der Waals surface area contributed by atoms with Gasteiger partial charge in [-0.3, -0.25) is 4.98 Å². The van der Waals surface area contributed by atoms with Gasteiger partial charge in [0.15, 0.2) is 0 Å². The highest BCUT2D eigenvalue weighted by Crippen LogP contribution is 2.33. The Balaban J connectivity index is 1.86. The number of aliphatic hydroxyl groups excluding tert-OH is 1. The number of nitrogens with zero attached hydrogens (tertiary/aromatic N) is 1. The van der Waals surface area contributed by atoms with Gasteiger partial charge in [0.25, 0.3) is 0 Å². The summed E-state index contributed by atoms with van der Waals surface area (Å²) in [6.45, 7) is 2.17. The zero-order valence-electron chi connectivity index (χ0n) is 11.0. The molecule has 0 radical (unpaired) electrons. The van der Waals surface area contributed by atoms with Gasteiger partial charge in [0.05, 0.1) is 6.10 Å². The second kappa shape index (κ2) is 4.98. The Hall–Kier alpha value is -1.93. The molecule has 3 rings (SSSR count). The second-order valence-corrected chi connectivity index (χ2v) is 5.18. The van der Waals surface area contributed by atoms with Crippen LogP contribution < -0.4 is 0 Å². The van der Waals surface area contributed by atoms with E-state index in [-0.39, 0.29) is 0 Å². The number of fused-ring (bicyclic) bond motifs is 1. The summed E-state index contributed by atoms with van der Waals surface area (Å²) in [6, 6.07) is 4.11. The number of rotatable bonds is 2. The molecule has 0 spiro atoms. The fourth-order valence-electron chi connectivity index (χ4n) is 2.72. The summed E-state index contributed by atoms with van der Waals surface area (Å²) >= 11 is 0. The molecule has 0 aromatic carbocycles. The van der Waals surface area contributed by atoms with E-state index in [1.54, 1.807) is 0 Å². The number of aliphatic hydroxyl groups is 1. The molecule has 1 N–H and O–H groups in total. The average Bonchev–Trinajstić information content (AvgIpc) is 2.39. The van der Waals surface area contributed by atoms with Crippen LogP contribution in [-0.2, 0) is 6.42 Å². The Kier molecular flexibility index (Phi) is 3.18. The van der Waals surface area contributed by atoms with Crippen molar-refractivity contribution >= 4 is 0 Å². The number of allylic oxidation sites excluding steroid dienone is 6. The van der Waals surface area contributed by atoms with Gasteiger partial charge in [-0.05, 0) is 54.7 Å². The Morgan fingerprint density at radius 1 is 1.32 bits per heavy atom. The molecule has 0 saturated carbocycles. The summed E-state index contributed by atoms with van der Waals surface area (Å²) < 4.78 is 0. The number of hydrogen-bond acceptors (Lipinski definition) is 2. The topological polar surface area (TPSA) is 33.1 Å². The summed E-state index contributed by atoms with van der Waals surface area (Å²) in [5.74, 6) is 0. The molecule has 1 atom stereocenters. The number of aromatic nitrogens is 1. The van der Waals surface area contributed by atoms with Crippen LogP contribution in [-0.4, -0.2) is 16.2 Å². The molecular weight excluding hydrogens is 234 g/mol. The Morgan fingerprint density at radius 3 is 2.89 bits per heavy atom. The molecule has 1 aromatic heterocycles. The highest BCUT2D eigenvalue weighted by molar-refractivity contribution is 5.57. The van der Waals surface area contributed by atoms with E-state index in [9.17, 15) is 5.11 Å². The monoisotopic (exact) mass is 251 g/mol. The van der Waals surface area contributed by atoms with Gasteiger partial charge < -0.3 is 5.11 Å². The molecule has 2 aliphatic rings. The molecular formula is C17H17NO. The van der Waals surface area contributed by atoms with E-state index in [2.05, 4.69) is 30.1 Å². The van der Waals surface area contributed by atoms with E-state index in [4.69, 9.17) is 0 Å². The molecule has 0 aliphatic heterocycles. The summed E-state index contributed by atoms with van der Waals surface area (Å²) in [5, 5.41) is 9.69. The molecule has 19 heavy (non-hydrogen) atoms. The van der Waals surface area contributed by atoms with Gasteiger partial charge in [0, 0.05) is 12.4 Å². The highest BCUT2D eigenvalue weighted by atomic mass is 16.3. The van der Waals surface area contributed by atoms with E-state index in [0.29, 0.717) is 0 Å². The van der Waals surface area contributed by atoms with Crippen molar-refractivity contribution in [1.82, 2.24) is 4.98 Å². The van der Waals surface area contributed by atoms with Crippen LogP contribution in [0.4, 0.5) is 0 Å². The molecule has 1 unspecified atom stereocenters. The van der Waals surface area contributed by atoms with Crippen molar-refractivity contribution in [3.63, 3.8) is 0 Å². The molecule has 1 aromatic rings. The molecule has 0 bridgehead atoms. The Bertz CT molecular complexity index is 605. The first kappa shape index (κ1) is 12.1. The standard InChI is InChI=1S/C17H17NO/c1-12-8-14(9-13-4-6-18-7-5-13)10-15-11-16(19)2-3-17(12)15/h2-7,10-11,16,19H,8-9H2,1H3. The van der Waals surface area contributed by atoms with Gasteiger partial charge in [0.2, 0.25) is 0 Å². The minimum absolute atomic E-state index is 0.455. The largest absolute Gasteiger partial charge is 0.385 e. The van der Waals surface area contributed by atoms with Crippen LogP contribution in [0.15, 0.2) is 71.1 Å². The van der Waals surface area contributed by atoms with Crippen molar-refractivity contribution in [3.8, 4) is 0 Å². The maximum absolute atomic E-state index is 9.69. The third-order valence-electron chi connectivity index (χ3n) is 3.61. The van der Waals surface area contributed by atoms with Gasteiger partial charge in [-0.25, -0.2) is 0 Å². The highest BCUT2D eigenvalue weighted by Gasteiger charge is 2.17. The van der Waals surface area contributed by atoms with E-state index in [1.165, 1.54) is 22.3 Å². The van der Waals surface area contributed by atoms with Crippen LogP contribution in [0.2, 0.25) is 0 Å². The molecule has 2 heteroatoms. The van der Waals surface area contributed by atoms with Crippen molar-refractivity contribution < 1.29 is 5.11 Å². The summed E-state index contributed by atoms with van der Waals surface area (Å²) in [5.41, 5.74) is 6.47. The lowest BCUT2D eigenvalue weighted by Gasteiger charge is -2.22. The Labute approximate surface area is 113 Å². The molecule has 0 fully saturated rings. The first-order valence-corrected chi connectivity index (χ1v) is 6.59. The lowest BCUT2D eigenvalue weighted by atomic mass is 9.83. The maximum atomic E-state index is 9.69. The quantitative estimate of drug-likeness (QED) is 0.876. The minimum atomic E-state index is -0.455. The van der Waals surface area contributed by atoms with Gasteiger partial charge in [-0.1, -0.05) is 29.4 Å². The molecule has 0 saturated heterocycles. The lowest BCUT2D eigenvalue weighted by Crippen LogP contribution is -2.09. The number of pyridine rings is 1. The smallest absolute Gasteiger partial charge is 0.0914 e. The maximum Gasteiger partial charge on any atom is 0.0914 e. The fourth-order valence-corrected chi connectivity index (χ4v) is 2.72. The summed E-state index contributed by atoms with van der Waals surface area (Å²) in [4.78, 5) is 4.05. The molecule has 2 nitrogen and oxygen atoms in total. The van der Waals surface area contributed by atoms with Gasteiger partial charge in [-0.15, -0.1) is 0 Å². The Morgan fingerprint density at radius 2 is 2.11 bits per heavy atom. The van der Waals surface area contributed by atoms with Crippen molar-refractivity contribution in [3.05, 3.63) is 76.7 Å². The van der Waals surface area contributed by atoms with E-state index >= 15 is 0 Å². The van der Waals surface area contributed by atoms with Crippen LogP contribution >= 0.6 is 0 Å². The first-order chi connectivity index (χ1) is 9.22. The van der Waals surface area contributed by atoms with Crippen molar-refractivity contribution in [2.24, 2.45) is 0 Å². The zero-order chi connectivity index (χ0) is 13.2. The molecule has 1 heterocycles. The van der Waals surface area contributed by atoms with Crippen molar-refractivity contribution in [2.45, 2.75) is 25.9 Å². The van der Waals surface area contributed by atoms with Crippen molar-refractivity contribution in [1.29, 1.82) is 0 Å². The summed E-state index contributed by atoms with van der Waals surface area (Å²) in [6.07, 6.45) is 13.2. The third kappa shape index (κ3) is 2.59. The van der Waals surface area contributed by atoms with Crippen molar-refractivity contribution in [2.75, 3.05) is 0 Å². The van der Waals surface area contributed by atoms with Crippen LogP contribution in [0.5, 0.6) is 0 Å². The summed E-state index contributed by atoms with van der Waals surface area (Å²) in [7, 11) is 0. The zero-order valence-corrected chi connectivity index (χ0v) is 11.0. The van der Waals surface area contributed by atoms with E-state index < -0.39 is 6.10 Å². The minimum Gasteiger partial charge on any atom is -0.385 e. The first-order valence-electron chi connectivity index (χ1n) is 6.59. The SMILES string of the molecule is CC1=C2C=CC(O)C=C2C=C(Cc2ccncc2)C1. The number of hydrogen-bond donors (Lipinski definition) is 1. The predicted octanol–water partition coefficient (Wildman–Crippen LogP) is 3.13. The fraction of sp³-hybridized carbons (Fsp3) is 0.235. The molecule has 96 valence electrons. The van der Waals surface area contributed by atoms with Gasteiger partial charge >= 0.3 is 0 Å². The van der Waals surface area contributed by atoms with E-state index in [1.807, 2.05) is 30.6 Å². The van der Waals surface area contributed by atoms with Crippen LogP contribution in [0.3, 0.4) is 0 Å². The average molecular weight is 251 g/mol. The van der Waals surface area contributed by atoms with Gasteiger partial charge in [-0.2, -0.15) is 0 Å². The second-order valence-electron chi connectivity index (χ2n) is 5.18. The molecule has 2 aliphatic carbocycles.